The zero-order valence-electron chi connectivity index (χ0n) is 9.04. The predicted molar refractivity (Wildman–Crippen MR) is 64.8 cm³/mol. The van der Waals surface area contributed by atoms with Gasteiger partial charge in [-0.1, -0.05) is 0 Å². The first-order valence-electron chi connectivity index (χ1n) is 4.91. The topological polar surface area (TPSA) is 90.1 Å². The van der Waals surface area contributed by atoms with Gasteiger partial charge in [0.1, 0.15) is 16.5 Å². The Kier molecular flexibility index (Phi) is 2.74. The minimum Gasteiger partial charge on any atom is -0.508 e. The number of hydrogen-bond acceptors (Lipinski definition) is 5. The summed E-state index contributed by atoms with van der Waals surface area (Å²) in [5.41, 5.74) is -0.706. The Bertz CT molecular complexity index is 514. The number of aromatic hydroxyl groups is 2. The van der Waals surface area contributed by atoms with Gasteiger partial charge in [-0.05, 0) is 19.1 Å². The van der Waals surface area contributed by atoms with Crippen LogP contribution in [-0.4, -0.2) is 37.6 Å². The molecule has 0 aliphatic carbocycles. The van der Waals surface area contributed by atoms with E-state index in [2.05, 4.69) is 4.99 Å². The first-order valence-corrected chi connectivity index (χ1v) is 5.89. The minimum absolute atomic E-state index is 0.0455. The second-order valence-corrected chi connectivity index (χ2v) is 4.95. The Hall–Kier alpha value is -1.69. The molecule has 17 heavy (non-hydrogen) atoms. The maximum absolute atomic E-state index is 11.0. The summed E-state index contributed by atoms with van der Waals surface area (Å²) in [6.45, 7) is 1.53. The van der Waals surface area contributed by atoms with E-state index in [9.17, 15) is 15.0 Å². The highest BCUT2D eigenvalue weighted by atomic mass is 32.2. The fraction of sp³-hybridized carbons (Fsp3) is 0.273. The van der Waals surface area contributed by atoms with Gasteiger partial charge in [0.2, 0.25) is 0 Å². The number of thioether (sulfide) groups is 1. The maximum Gasteiger partial charge on any atom is 0.332 e. The Morgan fingerprint density at radius 3 is 2.71 bits per heavy atom. The van der Waals surface area contributed by atoms with Crippen molar-refractivity contribution >= 4 is 22.8 Å². The Morgan fingerprint density at radius 2 is 2.18 bits per heavy atom. The number of phenols is 2. The number of phenolic OH excluding ortho intramolecular Hbond substituents is 2. The van der Waals surface area contributed by atoms with Crippen LogP contribution in [0.5, 0.6) is 11.5 Å². The van der Waals surface area contributed by atoms with Gasteiger partial charge in [0, 0.05) is 17.4 Å². The molecule has 3 N–H and O–H groups in total. The number of aliphatic imine (C=N–C) groups is 1. The van der Waals surface area contributed by atoms with Crippen molar-refractivity contribution in [3.63, 3.8) is 0 Å². The van der Waals surface area contributed by atoms with Crippen LogP contribution < -0.4 is 0 Å². The number of carbonyl (C=O) groups is 1. The maximum atomic E-state index is 11.0. The average Bonchev–Trinajstić information content (AvgIpc) is 2.62. The van der Waals surface area contributed by atoms with E-state index in [1.165, 1.54) is 36.9 Å². The molecule has 1 heterocycles. The van der Waals surface area contributed by atoms with E-state index in [-0.39, 0.29) is 11.5 Å². The first-order chi connectivity index (χ1) is 7.92. The lowest BCUT2D eigenvalue weighted by Crippen LogP contribution is -2.33. The van der Waals surface area contributed by atoms with Crippen molar-refractivity contribution in [2.75, 3.05) is 5.75 Å². The molecule has 90 valence electrons. The summed E-state index contributed by atoms with van der Waals surface area (Å²) in [6, 6.07) is 4.15. The fourth-order valence-corrected chi connectivity index (χ4v) is 2.65. The van der Waals surface area contributed by atoms with Gasteiger partial charge < -0.3 is 15.3 Å². The number of nitrogens with zero attached hydrogens (tertiary/aromatic N) is 1. The molecule has 0 radical (unpaired) electrons. The number of benzene rings is 1. The van der Waals surface area contributed by atoms with Crippen LogP contribution in [0.15, 0.2) is 23.2 Å². The minimum atomic E-state index is -1.15. The van der Waals surface area contributed by atoms with Crippen molar-refractivity contribution in [3.8, 4) is 11.5 Å². The number of hydrogen-bond donors (Lipinski definition) is 3. The molecule has 0 aromatic heterocycles. The molecule has 0 fully saturated rings. The van der Waals surface area contributed by atoms with Crippen molar-refractivity contribution in [1.29, 1.82) is 0 Å². The van der Waals surface area contributed by atoms with Gasteiger partial charge in [-0.2, -0.15) is 0 Å². The largest absolute Gasteiger partial charge is 0.508 e. The summed E-state index contributed by atoms with van der Waals surface area (Å²) in [7, 11) is 0. The molecule has 1 atom stereocenters. The smallest absolute Gasteiger partial charge is 0.332 e. The van der Waals surface area contributed by atoms with Crippen molar-refractivity contribution in [2.24, 2.45) is 4.99 Å². The number of carboxylic acids is 1. The fourth-order valence-electron chi connectivity index (χ4n) is 1.45. The predicted octanol–water partition coefficient (Wildman–Crippen LogP) is 1.43. The monoisotopic (exact) mass is 253 g/mol. The van der Waals surface area contributed by atoms with Gasteiger partial charge in [0.05, 0.1) is 0 Å². The van der Waals surface area contributed by atoms with E-state index in [0.717, 1.165) is 0 Å². The van der Waals surface area contributed by atoms with Crippen LogP contribution in [0, 0.1) is 0 Å². The number of rotatable bonds is 2. The SMILES string of the molecule is C[C@@]1(C(=O)O)CSC(c2ccc(O)cc2O)=N1. The van der Waals surface area contributed by atoms with Crippen LogP contribution in [0.25, 0.3) is 0 Å². The molecule has 1 aromatic carbocycles. The van der Waals surface area contributed by atoms with Gasteiger partial charge in [0.25, 0.3) is 0 Å². The van der Waals surface area contributed by atoms with Crippen LogP contribution in [0.1, 0.15) is 12.5 Å². The lowest BCUT2D eigenvalue weighted by atomic mass is 10.1. The van der Waals surface area contributed by atoms with E-state index in [0.29, 0.717) is 16.4 Å². The van der Waals surface area contributed by atoms with Crippen LogP contribution >= 0.6 is 11.8 Å². The second kappa shape index (κ2) is 3.96. The van der Waals surface area contributed by atoms with E-state index >= 15 is 0 Å². The Labute approximate surface area is 102 Å². The van der Waals surface area contributed by atoms with Crippen LogP contribution in [0.4, 0.5) is 0 Å². The van der Waals surface area contributed by atoms with Crippen molar-refractivity contribution in [3.05, 3.63) is 23.8 Å². The third kappa shape index (κ3) is 2.08. The van der Waals surface area contributed by atoms with Crippen molar-refractivity contribution in [1.82, 2.24) is 0 Å². The molecular formula is C11H11NO4S. The molecule has 6 heteroatoms. The van der Waals surface area contributed by atoms with Gasteiger partial charge in [-0.3, -0.25) is 4.99 Å². The summed E-state index contributed by atoms with van der Waals surface area (Å²) in [6.07, 6.45) is 0. The molecule has 0 amide bonds. The molecule has 1 aliphatic rings. The van der Waals surface area contributed by atoms with E-state index < -0.39 is 11.5 Å². The van der Waals surface area contributed by atoms with Gasteiger partial charge >= 0.3 is 5.97 Å². The zero-order valence-corrected chi connectivity index (χ0v) is 9.86. The lowest BCUT2D eigenvalue weighted by Gasteiger charge is -2.11. The van der Waals surface area contributed by atoms with Crippen molar-refractivity contribution in [2.45, 2.75) is 12.5 Å². The van der Waals surface area contributed by atoms with E-state index in [1.807, 2.05) is 0 Å². The zero-order chi connectivity index (χ0) is 12.6. The summed E-state index contributed by atoms with van der Waals surface area (Å²) >= 11 is 1.28. The molecule has 0 unspecified atom stereocenters. The number of aliphatic carboxylic acids is 1. The lowest BCUT2D eigenvalue weighted by molar-refractivity contribution is -0.141. The highest BCUT2D eigenvalue weighted by Gasteiger charge is 2.38. The van der Waals surface area contributed by atoms with E-state index in [1.54, 1.807) is 0 Å². The molecule has 0 saturated heterocycles. The first kappa shape index (κ1) is 11.8. The third-order valence-electron chi connectivity index (χ3n) is 2.51. The average molecular weight is 253 g/mol. The molecule has 5 nitrogen and oxygen atoms in total. The molecule has 1 aliphatic heterocycles. The van der Waals surface area contributed by atoms with Gasteiger partial charge in [-0.25, -0.2) is 4.79 Å². The molecule has 1 aromatic rings. The van der Waals surface area contributed by atoms with Crippen LogP contribution in [0.2, 0.25) is 0 Å². The standard InChI is InChI=1S/C11H11NO4S/c1-11(10(15)16)5-17-9(12-11)7-3-2-6(13)4-8(7)14/h2-4,13-14H,5H2,1H3,(H,15,16)/t11-/m0/s1. The summed E-state index contributed by atoms with van der Waals surface area (Å²) in [5, 5.41) is 28.3. The highest BCUT2D eigenvalue weighted by molar-refractivity contribution is 8.14. The quantitative estimate of drug-likeness (QED) is 0.742. The summed E-state index contributed by atoms with van der Waals surface area (Å²) in [5.74, 6) is -0.808. The second-order valence-electron chi connectivity index (χ2n) is 3.99. The normalized spacial score (nSPS) is 23.5. The van der Waals surface area contributed by atoms with Crippen LogP contribution in [0.3, 0.4) is 0 Å². The molecule has 0 bridgehead atoms. The number of carboxylic acid groups (broad SMARTS) is 1. The Morgan fingerprint density at radius 1 is 1.47 bits per heavy atom. The summed E-state index contributed by atoms with van der Waals surface area (Å²) < 4.78 is 0. The van der Waals surface area contributed by atoms with Gasteiger partial charge in [-0.15, -0.1) is 11.8 Å². The Balaban J connectivity index is 2.40. The highest BCUT2D eigenvalue weighted by Crippen LogP contribution is 2.35. The van der Waals surface area contributed by atoms with Crippen molar-refractivity contribution < 1.29 is 20.1 Å². The summed E-state index contributed by atoms with van der Waals surface area (Å²) in [4.78, 5) is 15.1. The molecular weight excluding hydrogens is 242 g/mol. The molecule has 0 saturated carbocycles. The van der Waals surface area contributed by atoms with Gasteiger partial charge in [0.15, 0.2) is 5.54 Å². The van der Waals surface area contributed by atoms with Crippen LogP contribution in [-0.2, 0) is 4.79 Å². The van der Waals surface area contributed by atoms with E-state index in [4.69, 9.17) is 5.11 Å². The molecule has 0 spiro atoms. The molecule has 2 rings (SSSR count). The third-order valence-corrected chi connectivity index (χ3v) is 3.80.